The summed E-state index contributed by atoms with van der Waals surface area (Å²) >= 11 is 1.43. The van der Waals surface area contributed by atoms with Crippen LogP contribution in [0.4, 0.5) is 0 Å². The van der Waals surface area contributed by atoms with Crippen molar-refractivity contribution in [2.24, 2.45) is 0 Å². The first-order valence-electron chi connectivity index (χ1n) is 9.11. The molecular weight excluding hydrogens is 374 g/mol. The van der Waals surface area contributed by atoms with Gasteiger partial charge in [0.25, 0.3) is 0 Å². The van der Waals surface area contributed by atoms with Crippen LogP contribution < -0.4 is 0 Å². The minimum absolute atomic E-state index is 0.0222. The molecule has 7 heteroatoms. The van der Waals surface area contributed by atoms with Crippen LogP contribution in [0.3, 0.4) is 0 Å². The van der Waals surface area contributed by atoms with Crippen molar-refractivity contribution in [1.82, 2.24) is 14.5 Å². The van der Waals surface area contributed by atoms with Crippen molar-refractivity contribution in [3.05, 3.63) is 65.9 Å². The Bertz CT molecular complexity index is 906. The van der Waals surface area contributed by atoms with E-state index in [2.05, 4.69) is 37.0 Å². The maximum atomic E-state index is 12.8. The van der Waals surface area contributed by atoms with E-state index in [1.165, 1.54) is 17.3 Å². The molecule has 0 atom stereocenters. The van der Waals surface area contributed by atoms with E-state index in [1.54, 1.807) is 24.5 Å². The van der Waals surface area contributed by atoms with Crippen LogP contribution in [-0.2, 0) is 16.1 Å². The highest BCUT2D eigenvalue weighted by atomic mass is 32.2. The number of thioether (sulfide) groups is 1. The van der Waals surface area contributed by atoms with Gasteiger partial charge in [-0.2, -0.15) is 0 Å². The summed E-state index contributed by atoms with van der Waals surface area (Å²) in [5.74, 6) is 1.08. The molecule has 0 N–H and O–H groups in total. The van der Waals surface area contributed by atoms with Crippen LogP contribution in [0.25, 0.3) is 5.69 Å². The van der Waals surface area contributed by atoms with Gasteiger partial charge in [0.15, 0.2) is 5.16 Å². The third-order valence-corrected chi connectivity index (χ3v) is 5.35. The third-order valence-electron chi connectivity index (χ3n) is 4.40. The summed E-state index contributed by atoms with van der Waals surface area (Å²) in [5, 5.41) is 0.798. The zero-order valence-corrected chi connectivity index (χ0v) is 17.2. The molecule has 0 unspecified atom stereocenters. The van der Waals surface area contributed by atoms with E-state index in [9.17, 15) is 4.79 Å². The average Bonchev–Trinajstić information content (AvgIpc) is 3.36. The van der Waals surface area contributed by atoms with Gasteiger partial charge in [0.1, 0.15) is 5.76 Å². The number of benzene rings is 1. The summed E-state index contributed by atoms with van der Waals surface area (Å²) in [4.78, 5) is 19.0. The lowest BCUT2D eigenvalue weighted by Crippen LogP contribution is -2.34. The second-order valence-corrected chi connectivity index (χ2v) is 7.49. The number of aryl methyl sites for hydroxylation is 2. The van der Waals surface area contributed by atoms with E-state index >= 15 is 0 Å². The molecule has 3 aromatic rings. The molecule has 0 aliphatic heterocycles. The summed E-state index contributed by atoms with van der Waals surface area (Å²) in [6.07, 6.45) is 5.31. The maximum absolute atomic E-state index is 12.8. The SMILES string of the molecule is COCCN(Cc1ccco1)C(=O)CSc1nccn1-c1cc(C)ccc1C. The molecule has 148 valence electrons. The summed E-state index contributed by atoms with van der Waals surface area (Å²) in [7, 11) is 1.63. The molecule has 1 amide bonds. The molecule has 0 aliphatic carbocycles. The fourth-order valence-corrected chi connectivity index (χ4v) is 3.73. The molecule has 1 aromatic carbocycles. The van der Waals surface area contributed by atoms with Gasteiger partial charge in [-0.1, -0.05) is 23.9 Å². The quantitative estimate of drug-likeness (QED) is 0.512. The fraction of sp³-hybridized carbons (Fsp3) is 0.333. The molecule has 0 bridgehead atoms. The first kappa shape index (κ1) is 20.2. The van der Waals surface area contributed by atoms with Crippen molar-refractivity contribution >= 4 is 17.7 Å². The van der Waals surface area contributed by atoms with E-state index in [0.29, 0.717) is 25.4 Å². The van der Waals surface area contributed by atoms with Gasteiger partial charge in [0.2, 0.25) is 5.91 Å². The fourth-order valence-electron chi connectivity index (χ4n) is 2.86. The Morgan fingerprint density at radius 3 is 2.93 bits per heavy atom. The monoisotopic (exact) mass is 399 g/mol. The molecule has 3 rings (SSSR count). The predicted octanol–water partition coefficient (Wildman–Crippen LogP) is 3.85. The van der Waals surface area contributed by atoms with Gasteiger partial charge in [-0.05, 0) is 43.2 Å². The van der Waals surface area contributed by atoms with E-state index in [0.717, 1.165) is 22.2 Å². The second kappa shape index (κ2) is 9.61. The van der Waals surface area contributed by atoms with E-state index < -0.39 is 0 Å². The van der Waals surface area contributed by atoms with E-state index in [4.69, 9.17) is 9.15 Å². The number of carbonyl (C=O) groups is 1. The van der Waals surface area contributed by atoms with Crippen molar-refractivity contribution in [3.63, 3.8) is 0 Å². The van der Waals surface area contributed by atoms with Crippen LogP contribution in [0.1, 0.15) is 16.9 Å². The lowest BCUT2D eigenvalue weighted by Gasteiger charge is -2.21. The zero-order chi connectivity index (χ0) is 19.9. The number of methoxy groups -OCH3 is 1. The Morgan fingerprint density at radius 2 is 2.18 bits per heavy atom. The minimum atomic E-state index is 0.0222. The van der Waals surface area contributed by atoms with Gasteiger partial charge in [-0.15, -0.1) is 0 Å². The minimum Gasteiger partial charge on any atom is -0.467 e. The Morgan fingerprint density at radius 1 is 1.32 bits per heavy atom. The van der Waals surface area contributed by atoms with Crippen LogP contribution >= 0.6 is 11.8 Å². The van der Waals surface area contributed by atoms with Crippen LogP contribution in [0, 0.1) is 13.8 Å². The molecular formula is C21H25N3O3S. The Labute approximate surface area is 169 Å². The van der Waals surface area contributed by atoms with Gasteiger partial charge in [0.05, 0.1) is 30.9 Å². The van der Waals surface area contributed by atoms with Crippen LogP contribution in [-0.4, -0.2) is 46.4 Å². The molecule has 0 aliphatic rings. The van der Waals surface area contributed by atoms with Crippen LogP contribution in [0.5, 0.6) is 0 Å². The van der Waals surface area contributed by atoms with Gasteiger partial charge in [0, 0.05) is 26.0 Å². The van der Waals surface area contributed by atoms with Gasteiger partial charge >= 0.3 is 0 Å². The number of ether oxygens (including phenoxy) is 1. The Balaban J connectivity index is 1.69. The van der Waals surface area contributed by atoms with Crippen molar-refractivity contribution in [2.45, 2.75) is 25.5 Å². The normalized spacial score (nSPS) is 11.0. The number of hydrogen-bond donors (Lipinski definition) is 0. The number of hydrogen-bond acceptors (Lipinski definition) is 5. The third kappa shape index (κ3) is 5.05. The molecule has 0 spiro atoms. The highest BCUT2D eigenvalue weighted by molar-refractivity contribution is 7.99. The summed E-state index contributed by atoms with van der Waals surface area (Å²) in [5.41, 5.74) is 3.43. The second-order valence-electron chi connectivity index (χ2n) is 6.55. The van der Waals surface area contributed by atoms with Gasteiger partial charge in [-0.25, -0.2) is 4.98 Å². The average molecular weight is 400 g/mol. The molecule has 2 aromatic heterocycles. The molecule has 28 heavy (non-hydrogen) atoms. The lowest BCUT2D eigenvalue weighted by atomic mass is 10.1. The highest BCUT2D eigenvalue weighted by Crippen LogP contribution is 2.24. The number of amides is 1. The largest absolute Gasteiger partial charge is 0.467 e. The topological polar surface area (TPSA) is 60.5 Å². The number of rotatable bonds is 9. The highest BCUT2D eigenvalue weighted by Gasteiger charge is 2.17. The van der Waals surface area contributed by atoms with Crippen molar-refractivity contribution in [2.75, 3.05) is 26.0 Å². The number of nitrogens with zero attached hydrogens (tertiary/aromatic N) is 3. The van der Waals surface area contributed by atoms with Crippen molar-refractivity contribution < 1.29 is 13.9 Å². The number of aromatic nitrogens is 2. The van der Waals surface area contributed by atoms with E-state index in [1.807, 2.05) is 22.9 Å². The molecule has 0 saturated heterocycles. The number of imidazole rings is 1. The van der Waals surface area contributed by atoms with E-state index in [-0.39, 0.29) is 5.91 Å². The predicted molar refractivity (Wildman–Crippen MR) is 110 cm³/mol. The standard InChI is InChI=1S/C21H25N3O3S/c1-16-6-7-17(2)19(13-16)24-9-8-22-21(24)28-15-20(25)23(10-12-26-3)14-18-5-4-11-27-18/h4-9,11,13H,10,12,14-15H2,1-3H3. The number of furan rings is 1. The first-order valence-corrected chi connectivity index (χ1v) is 10.1. The summed E-state index contributed by atoms with van der Waals surface area (Å²) in [6, 6.07) is 10.0. The summed E-state index contributed by atoms with van der Waals surface area (Å²) in [6.45, 7) is 5.57. The summed E-state index contributed by atoms with van der Waals surface area (Å²) < 4.78 is 12.6. The number of carbonyl (C=O) groups excluding carboxylic acids is 1. The van der Waals surface area contributed by atoms with Crippen molar-refractivity contribution in [3.8, 4) is 5.69 Å². The maximum Gasteiger partial charge on any atom is 0.233 e. The van der Waals surface area contributed by atoms with Crippen molar-refractivity contribution in [1.29, 1.82) is 0 Å². The molecule has 0 radical (unpaired) electrons. The first-order chi connectivity index (χ1) is 13.6. The molecule has 2 heterocycles. The van der Waals surface area contributed by atoms with Crippen LogP contribution in [0.15, 0.2) is 58.6 Å². The van der Waals surface area contributed by atoms with Crippen LogP contribution in [0.2, 0.25) is 0 Å². The molecule has 0 fully saturated rings. The molecule has 0 saturated carbocycles. The Hall–Kier alpha value is -2.51. The van der Waals surface area contributed by atoms with Gasteiger partial charge in [-0.3, -0.25) is 9.36 Å². The Kier molecular flexibility index (Phi) is 6.95. The zero-order valence-electron chi connectivity index (χ0n) is 16.4. The smallest absolute Gasteiger partial charge is 0.233 e. The van der Waals surface area contributed by atoms with Gasteiger partial charge < -0.3 is 14.1 Å². The molecule has 6 nitrogen and oxygen atoms in total. The lowest BCUT2D eigenvalue weighted by molar-refractivity contribution is -0.129.